The number of nitrogens with zero attached hydrogens (tertiary/aromatic N) is 1. The van der Waals surface area contributed by atoms with Crippen LogP contribution in [0.3, 0.4) is 0 Å². The lowest BCUT2D eigenvalue weighted by molar-refractivity contribution is -0.154. The lowest BCUT2D eigenvalue weighted by Crippen LogP contribution is -2.54. The summed E-state index contributed by atoms with van der Waals surface area (Å²) < 4.78 is 11.0. The number of fused-ring (bicyclic) bond motifs is 1. The van der Waals surface area contributed by atoms with Crippen molar-refractivity contribution in [2.75, 3.05) is 47.0 Å². The van der Waals surface area contributed by atoms with E-state index < -0.39 is 0 Å². The summed E-state index contributed by atoms with van der Waals surface area (Å²) in [6.45, 7) is 7.56. The molecule has 5 nitrogen and oxygen atoms in total. The van der Waals surface area contributed by atoms with Crippen molar-refractivity contribution in [3.8, 4) is 0 Å². The maximum Gasteiger partial charge on any atom is 0.232 e. The van der Waals surface area contributed by atoms with Crippen LogP contribution in [0.1, 0.15) is 20.3 Å². The van der Waals surface area contributed by atoms with Crippen molar-refractivity contribution in [2.24, 2.45) is 11.3 Å². The first kappa shape index (κ1) is 14.8. The summed E-state index contributed by atoms with van der Waals surface area (Å²) >= 11 is 0. The number of nitrogens with one attached hydrogen (secondary N) is 1. The normalized spacial score (nSPS) is 31.1. The maximum atomic E-state index is 12.8. The molecule has 110 valence electrons. The summed E-state index contributed by atoms with van der Waals surface area (Å²) in [4.78, 5) is 14.6. The minimum Gasteiger partial charge on any atom is -0.380 e. The Balaban J connectivity index is 2.09. The van der Waals surface area contributed by atoms with Gasteiger partial charge < -0.3 is 19.7 Å². The third-order valence-corrected chi connectivity index (χ3v) is 4.53. The van der Waals surface area contributed by atoms with Crippen molar-refractivity contribution in [3.05, 3.63) is 0 Å². The van der Waals surface area contributed by atoms with Crippen LogP contribution in [0.4, 0.5) is 0 Å². The first-order chi connectivity index (χ1) is 8.91. The van der Waals surface area contributed by atoms with Crippen molar-refractivity contribution in [2.45, 2.75) is 25.9 Å². The molecule has 0 unspecified atom stereocenters. The third-order valence-electron chi connectivity index (χ3n) is 4.53. The molecule has 0 spiro atoms. The molecule has 0 aromatic carbocycles. The van der Waals surface area contributed by atoms with Crippen LogP contribution in [0, 0.1) is 11.3 Å². The summed E-state index contributed by atoms with van der Waals surface area (Å²) in [5.74, 6) is 0.592. The van der Waals surface area contributed by atoms with E-state index in [9.17, 15) is 4.79 Å². The molecule has 2 saturated heterocycles. The van der Waals surface area contributed by atoms with E-state index in [0.29, 0.717) is 19.1 Å². The number of amides is 1. The van der Waals surface area contributed by atoms with Gasteiger partial charge in [0.15, 0.2) is 0 Å². The molecule has 2 aliphatic heterocycles. The highest BCUT2D eigenvalue weighted by atomic mass is 16.5. The van der Waals surface area contributed by atoms with Crippen molar-refractivity contribution in [1.29, 1.82) is 0 Å². The van der Waals surface area contributed by atoms with Gasteiger partial charge in [-0.05, 0) is 32.7 Å². The Morgan fingerprint density at radius 2 is 2.32 bits per heavy atom. The van der Waals surface area contributed by atoms with Gasteiger partial charge >= 0.3 is 0 Å². The Kier molecular flexibility index (Phi) is 4.18. The molecule has 2 atom stereocenters. The van der Waals surface area contributed by atoms with Crippen LogP contribution in [-0.2, 0) is 14.3 Å². The third kappa shape index (κ3) is 2.78. The van der Waals surface area contributed by atoms with E-state index in [0.717, 1.165) is 26.1 Å². The number of ether oxygens (including phenoxy) is 2. The predicted octanol–water partition coefficient (Wildman–Crippen LogP) is 0.496. The van der Waals surface area contributed by atoms with Crippen LogP contribution in [0.15, 0.2) is 0 Å². The molecule has 0 radical (unpaired) electrons. The summed E-state index contributed by atoms with van der Waals surface area (Å²) in [7, 11) is 3.54. The number of methoxy groups -OCH3 is 1. The summed E-state index contributed by atoms with van der Waals surface area (Å²) in [6.07, 6.45) is 0.972. The molecule has 0 aromatic rings. The number of carbonyl (C=O) groups is 1. The van der Waals surface area contributed by atoms with Gasteiger partial charge in [-0.25, -0.2) is 0 Å². The molecule has 0 bridgehead atoms. The zero-order chi connectivity index (χ0) is 14.1. The van der Waals surface area contributed by atoms with E-state index in [2.05, 4.69) is 5.32 Å². The van der Waals surface area contributed by atoms with E-state index in [1.54, 1.807) is 12.0 Å². The second-order valence-corrected chi connectivity index (χ2v) is 6.45. The summed E-state index contributed by atoms with van der Waals surface area (Å²) in [5.41, 5.74) is -0.686. The first-order valence-corrected chi connectivity index (χ1v) is 7.00. The van der Waals surface area contributed by atoms with Crippen LogP contribution in [0.25, 0.3) is 0 Å². The van der Waals surface area contributed by atoms with Crippen LogP contribution in [0.2, 0.25) is 0 Å². The Morgan fingerprint density at radius 1 is 1.58 bits per heavy atom. The molecule has 0 aromatic heterocycles. The fourth-order valence-electron chi connectivity index (χ4n) is 3.24. The molecular weight excluding hydrogens is 244 g/mol. The Labute approximate surface area is 115 Å². The summed E-state index contributed by atoms with van der Waals surface area (Å²) in [5, 5.41) is 3.36. The lowest BCUT2D eigenvalue weighted by atomic mass is 9.74. The quantitative estimate of drug-likeness (QED) is 0.808. The number of likely N-dealkylation sites (N-methyl/N-ethyl adjacent to an activating group) is 1. The lowest BCUT2D eigenvalue weighted by Gasteiger charge is -2.41. The SMILES string of the molecule is COC(C)(C)CN(C)C(=O)[C@]12CNC[C@H]1CCOC2. The fraction of sp³-hybridized carbons (Fsp3) is 0.929. The van der Waals surface area contributed by atoms with Crippen molar-refractivity contribution < 1.29 is 14.3 Å². The van der Waals surface area contributed by atoms with Gasteiger partial charge in [-0.3, -0.25) is 4.79 Å². The molecule has 2 fully saturated rings. The molecule has 1 amide bonds. The topological polar surface area (TPSA) is 50.8 Å². The molecule has 1 N–H and O–H groups in total. The molecule has 5 heteroatoms. The van der Waals surface area contributed by atoms with E-state index in [1.165, 1.54) is 0 Å². The predicted molar refractivity (Wildman–Crippen MR) is 73.0 cm³/mol. The zero-order valence-electron chi connectivity index (χ0n) is 12.5. The van der Waals surface area contributed by atoms with Gasteiger partial charge in [0.1, 0.15) is 0 Å². The average molecular weight is 270 g/mol. The minimum atomic E-state index is -0.364. The number of hydrogen-bond donors (Lipinski definition) is 1. The van der Waals surface area contributed by atoms with Gasteiger partial charge in [-0.2, -0.15) is 0 Å². The molecule has 0 aliphatic carbocycles. The minimum absolute atomic E-state index is 0.187. The van der Waals surface area contributed by atoms with Gasteiger partial charge in [0, 0.05) is 33.9 Å². The van der Waals surface area contributed by atoms with Crippen molar-refractivity contribution in [1.82, 2.24) is 10.2 Å². The molecular formula is C14H26N2O3. The monoisotopic (exact) mass is 270 g/mol. The van der Waals surface area contributed by atoms with E-state index in [4.69, 9.17) is 9.47 Å². The molecule has 19 heavy (non-hydrogen) atoms. The van der Waals surface area contributed by atoms with E-state index >= 15 is 0 Å². The molecule has 2 aliphatic rings. The Hall–Kier alpha value is -0.650. The van der Waals surface area contributed by atoms with E-state index in [1.807, 2.05) is 20.9 Å². The van der Waals surface area contributed by atoms with Crippen LogP contribution in [0.5, 0.6) is 0 Å². The average Bonchev–Trinajstić information content (AvgIpc) is 2.82. The zero-order valence-corrected chi connectivity index (χ0v) is 12.5. The van der Waals surface area contributed by atoms with E-state index in [-0.39, 0.29) is 16.9 Å². The van der Waals surface area contributed by atoms with Crippen molar-refractivity contribution in [3.63, 3.8) is 0 Å². The largest absolute Gasteiger partial charge is 0.380 e. The van der Waals surface area contributed by atoms with Crippen LogP contribution in [-0.4, -0.2) is 63.4 Å². The van der Waals surface area contributed by atoms with Gasteiger partial charge in [0.2, 0.25) is 5.91 Å². The first-order valence-electron chi connectivity index (χ1n) is 7.00. The van der Waals surface area contributed by atoms with Gasteiger partial charge in [-0.1, -0.05) is 0 Å². The second-order valence-electron chi connectivity index (χ2n) is 6.45. The maximum absolute atomic E-state index is 12.8. The van der Waals surface area contributed by atoms with Crippen molar-refractivity contribution >= 4 is 5.91 Å². The number of carbonyl (C=O) groups excluding carboxylic acids is 1. The highest BCUT2D eigenvalue weighted by Gasteiger charge is 2.52. The summed E-state index contributed by atoms with van der Waals surface area (Å²) in [6, 6.07) is 0. The number of rotatable bonds is 4. The molecule has 2 rings (SSSR count). The van der Waals surface area contributed by atoms with Gasteiger partial charge in [0.25, 0.3) is 0 Å². The Bertz CT molecular complexity index is 346. The van der Waals surface area contributed by atoms with Crippen LogP contribution >= 0.6 is 0 Å². The highest BCUT2D eigenvalue weighted by Crippen LogP contribution is 2.39. The smallest absolute Gasteiger partial charge is 0.232 e. The molecule has 0 saturated carbocycles. The molecule has 2 heterocycles. The highest BCUT2D eigenvalue weighted by molar-refractivity contribution is 5.84. The van der Waals surface area contributed by atoms with Crippen LogP contribution < -0.4 is 5.32 Å². The van der Waals surface area contributed by atoms with Gasteiger partial charge in [-0.15, -0.1) is 0 Å². The van der Waals surface area contributed by atoms with Gasteiger partial charge in [0.05, 0.1) is 17.6 Å². The fourth-order valence-corrected chi connectivity index (χ4v) is 3.24. The number of hydrogen-bond acceptors (Lipinski definition) is 4. The Morgan fingerprint density at radius 3 is 3.00 bits per heavy atom. The second kappa shape index (κ2) is 5.38. The standard InChI is InChI=1S/C14H26N2O3/c1-13(2,18-4)9-16(3)12(17)14-8-15-7-11(14)5-6-19-10-14/h11,15H,5-10H2,1-4H3/t11-,14+/m1/s1.